The summed E-state index contributed by atoms with van der Waals surface area (Å²) >= 11 is 0. The Balaban J connectivity index is 0.000000211. The maximum atomic E-state index is 11.3. The minimum Gasteiger partial charge on any atom is -0.469 e. The standard InChI is InChI=1S/C20H21N5O3.C20H21N5O2/c1-13-22-11-15(20(21)25-13)5-6-16-10-18(24-12-23-16)28-17-7-3-14(4-8-17)9-19(26)27-2;1-13(26)9-15-3-7-18(8-4-15)27-19-10-17(23-12-24-19)6-5-16-11-22-14(2)25-20(16)21/h3-4,7-8,10-12H,5-6,9H2,1-2H3,(H2,21,22,25);3-4,7-8,10-12H,5-6,9H2,1-2H3,(H2,21,22,25). The molecule has 0 spiro atoms. The number of carbonyl (C=O) groups excluding carboxylic acids is 2. The summed E-state index contributed by atoms with van der Waals surface area (Å²) in [5, 5.41) is 0. The van der Waals surface area contributed by atoms with Crippen molar-refractivity contribution in [2.75, 3.05) is 18.6 Å². The van der Waals surface area contributed by atoms with Crippen molar-refractivity contribution in [3.05, 3.63) is 131 Å². The number of hydrogen-bond donors (Lipinski definition) is 2. The predicted molar refractivity (Wildman–Crippen MR) is 204 cm³/mol. The molecule has 0 aliphatic carbocycles. The molecule has 0 fully saturated rings. The van der Waals surface area contributed by atoms with E-state index in [2.05, 4.69) is 44.6 Å². The van der Waals surface area contributed by atoms with E-state index in [4.69, 9.17) is 20.9 Å². The largest absolute Gasteiger partial charge is 0.469 e. The summed E-state index contributed by atoms with van der Waals surface area (Å²) < 4.78 is 16.2. The highest BCUT2D eigenvalue weighted by Crippen LogP contribution is 2.23. The van der Waals surface area contributed by atoms with E-state index in [1.165, 1.54) is 19.8 Å². The van der Waals surface area contributed by atoms with Crippen LogP contribution in [0, 0.1) is 13.8 Å². The average molecular weight is 743 g/mol. The monoisotopic (exact) mass is 742 g/mol. The minimum absolute atomic E-state index is 0.128. The summed E-state index contributed by atoms with van der Waals surface area (Å²) in [6.07, 6.45) is 9.76. The molecule has 0 atom stereocenters. The molecule has 4 N–H and O–H groups in total. The van der Waals surface area contributed by atoms with E-state index in [-0.39, 0.29) is 18.2 Å². The molecule has 0 amide bonds. The number of methoxy groups -OCH3 is 1. The molecular formula is C40H42N10O5. The van der Waals surface area contributed by atoms with Crippen molar-refractivity contribution < 1.29 is 23.8 Å². The molecule has 0 unspecified atom stereocenters. The van der Waals surface area contributed by atoms with E-state index < -0.39 is 0 Å². The Labute approximate surface area is 318 Å². The van der Waals surface area contributed by atoms with Crippen LogP contribution < -0.4 is 20.9 Å². The van der Waals surface area contributed by atoms with Crippen molar-refractivity contribution in [3.8, 4) is 23.3 Å². The Morgan fingerprint density at radius 3 is 1.44 bits per heavy atom. The van der Waals surface area contributed by atoms with Crippen LogP contribution in [0.4, 0.5) is 11.6 Å². The van der Waals surface area contributed by atoms with Crippen LogP contribution in [0.25, 0.3) is 0 Å². The molecule has 2 aromatic carbocycles. The van der Waals surface area contributed by atoms with Crippen LogP contribution >= 0.6 is 0 Å². The molecule has 0 aliphatic rings. The third-order valence-electron chi connectivity index (χ3n) is 8.06. The number of ether oxygens (including phenoxy) is 3. The summed E-state index contributed by atoms with van der Waals surface area (Å²) in [5.41, 5.74) is 17.1. The number of aromatic nitrogens is 8. The van der Waals surface area contributed by atoms with Crippen molar-refractivity contribution >= 4 is 23.4 Å². The molecule has 4 heterocycles. The highest BCUT2D eigenvalue weighted by atomic mass is 16.5. The lowest BCUT2D eigenvalue weighted by Gasteiger charge is -2.08. The third-order valence-corrected chi connectivity index (χ3v) is 8.06. The van der Waals surface area contributed by atoms with Gasteiger partial charge in [-0.3, -0.25) is 9.59 Å². The summed E-state index contributed by atoms with van der Waals surface area (Å²) in [6.45, 7) is 5.18. The van der Waals surface area contributed by atoms with Gasteiger partial charge in [0.05, 0.1) is 13.5 Å². The molecule has 0 bridgehead atoms. The van der Waals surface area contributed by atoms with Crippen LogP contribution in [-0.2, 0) is 52.9 Å². The first-order valence-corrected chi connectivity index (χ1v) is 17.4. The molecule has 15 nitrogen and oxygen atoms in total. The summed E-state index contributed by atoms with van der Waals surface area (Å²) in [5.74, 6) is 4.32. The lowest BCUT2D eigenvalue weighted by atomic mass is 10.1. The van der Waals surface area contributed by atoms with E-state index >= 15 is 0 Å². The first kappa shape index (κ1) is 39.3. The topological polar surface area (TPSA) is 217 Å². The van der Waals surface area contributed by atoms with E-state index in [9.17, 15) is 9.59 Å². The van der Waals surface area contributed by atoms with Crippen molar-refractivity contribution in [1.29, 1.82) is 0 Å². The highest BCUT2D eigenvalue weighted by molar-refractivity contribution is 5.78. The second-order valence-electron chi connectivity index (χ2n) is 12.5. The minimum atomic E-state index is -0.284. The van der Waals surface area contributed by atoms with Crippen LogP contribution in [0.15, 0.2) is 85.7 Å². The van der Waals surface area contributed by atoms with Crippen molar-refractivity contribution in [1.82, 2.24) is 39.9 Å². The number of Topliss-reactive ketones (excluding diaryl/α,β-unsaturated/α-hetero) is 1. The number of carbonyl (C=O) groups is 2. The number of nitrogen functional groups attached to an aromatic ring is 2. The van der Waals surface area contributed by atoms with Gasteiger partial charge >= 0.3 is 5.97 Å². The fourth-order valence-electron chi connectivity index (χ4n) is 5.19. The van der Waals surface area contributed by atoms with Gasteiger partial charge in [-0.05, 0) is 81.8 Å². The zero-order chi connectivity index (χ0) is 39.2. The lowest BCUT2D eigenvalue weighted by molar-refractivity contribution is -0.139. The van der Waals surface area contributed by atoms with Gasteiger partial charge in [0.1, 0.15) is 53.2 Å². The van der Waals surface area contributed by atoms with Gasteiger partial charge in [0.15, 0.2) is 0 Å². The maximum absolute atomic E-state index is 11.3. The number of aryl methyl sites for hydroxylation is 6. The summed E-state index contributed by atoms with van der Waals surface area (Å²) in [4.78, 5) is 56.0. The molecular weight excluding hydrogens is 701 g/mol. The van der Waals surface area contributed by atoms with Crippen molar-refractivity contribution in [2.45, 2.75) is 59.3 Å². The van der Waals surface area contributed by atoms with Crippen LogP contribution in [0.3, 0.4) is 0 Å². The van der Waals surface area contributed by atoms with E-state index in [0.717, 1.165) is 33.6 Å². The number of ketones is 1. The first-order chi connectivity index (χ1) is 26.5. The smallest absolute Gasteiger partial charge is 0.309 e. The van der Waals surface area contributed by atoms with Crippen LogP contribution in [0.5, 0.6) is 23.3 Å². The molecule has 0 aliphatic heterocycles. The second kappa shape index (κ2) is 19.3. The Bertz CT molecular complexity index is 2220. The number of benzene rings is 2. The Morgan fingerprint density at radius 1 is 0.600 bits per heavy atom. The number of anilines is 2. The lowest BCUT2D eigenvalue weighted by Crippen LogP contribution is -2.04. The number of esters is 1. The fraction of sp³-hybridized carbons (Fsp3) is 0.250. The molecule has 6 aromatic rings. The van der Waals surface area contributed by atoms with Gasteiger partial charge in [-0.25, -0.2) is 39.9 Å². The Hall–Kier alpha value is -6.90. The molecule has 0 saturated heterocycles. The maximum Gasteiger partial charge on any atom is 0.309 e. The van der Waals surface area contributed by atoms with E-state index in [1.54, 1.807) is 57.4 Å². The second-order valence-corrected chi connectivity index (χ2v) is 12.5. The molecule has 15 heteroatoms. The van der Waals surface area contributed by atoms with Gasteiger partial charge in [0.25, 0.3) is 0 Å². The van der Waals surface area contributed by atoms with Crippen molar-refractivity contribution in [3.63, 3.8) is 0 Å². The Kier molecular flexibility index (Phi) is 13.8. The van der Waals surface area contributed by atoms with Crippen molar-refractivity contribution in [2.24, 2.45) is 0 Å². The fourth-order valence-corrected chi connectivity index (χ4v) is 5.19. The average Bonchev–Trinajstić information content (AvgIpc) is 3.16. The number of nitrogens with two attached hydrogens (primary N) is 2. The molecule has 0 saturated carbocycles. The van der Waals surface area contributed by atoms with Crippen LogP contribution in [0.2, 0.25) is 0 Å². The van der Waals surface area contributed by atoms with Gasteiger partial charge in [-0.2, -0.15) is 0 Å². The number of nitrogens with zero attached hydrogens (tertiary/aromatic N) is 8. The van der Waals surface area contributed by atoms with Gasteiger partial charge in [0, 0.05) is 53.5 Å². The quantitative estimate of drug-likeness (QED) is 0.135. The van der Waals surface area contributed by atoms with Gasteiger partial charge in [-0.15, -0.1) is 0 Å². The van der Waals surface area contributed by atoms with Gasteiger partial charge < -0.3 is 25.7 Å². The molecule has 282 valence electrons. The molecule has 55 heavy (non-hydrogen) atoms. The predicted octanol–water partition coefficient (Wildman–Crippen LogP) is 5.32. The normalized spacial score (nSPS) is 10.5. The first-order valence-electron chi connectivity index (χ1n) is 17.4. The molecule has 4 aromatic heterocycles. The Morgan fingerprint density at radius 2 is 1.04 bits per heavy atom. The number of hydrogen-bond acceptors (Lipinski definition) is 15. The van der Waals surface area contributed by atoms with Crippen LogP contribution in [0.1, 0.15) is 52.2 Å². The van der Waals surface area contributed by atoms with Gasteiger partial charge in [0.2, 0.25) is 11.8 Å². The molecule has 0 radical (unpaired) electrons. The van der Waals surface area contributed by atoms with E-state index in [0.29, 0.717) is 78.6 Å². The van der Waals surface area contributed by atoms with E-state index in [1.807, 2.05) is 36.4 Å². The zero-order valence-electron chi connectivity index (χ0n) is 31.1. The summed E-state index contributed by atoms with van der Waals surface area (Å²) in [6, 6.07) is 18.2. The zero-order valence-corrected chi connectivity index (χ0v) is 31.1. The van der Waals surface area contributed by atoms with Crippen LogP contribution in [-0.4, -0.2) is 58.7 Å². The number of rotatable bonds is 14. The third kappa shape index (κ3) is 12.6. The highest BCUT2D eigenvalue weighted by Gasteiger charge is 2.09. The summed E-state index contributed by atoms with van der Waals surface area (Å²) in [7, 11) is 1.37. The van der Waals surface area contributed by atoms with Gasteiger partial charge in [-0.1, -0.05) is 24.3 Å². The molecule has 6 rings (SSSR count). The SMILES string of the molecule is CC(=O)Cc1ccc(Oc2cc(CCc3cnc(C)nc3N)ncn2)cc1.COC(=O)Cc1ccc(Oc2cc(CCc3cnc(C)nc3N)ncn2)cc1.